The summed E-state index contributed by atoms with van der Waals surface area (Å²) in [6, 6.07) is 10.4. The van der Waals surface area contributed by atoms with Gasteiger partial charge in [-0.3, -0.25) is 19.9 Å². The first kappa shape index (κ1) is 25.1. The summed E-state index contributed by atoms with van der Waals surface area (Å²) in [5.41, 5.74) is 9.99. The SMILES string of the molecule is O=C(CC1CCNCC1)Nc1cncc(-c2cnc3n[nH]c(-c4cc5c([nH]4)C4CC4CC=C5c4cccnc4)c3c2)c1. The number of aromatic amines is 2. The summed E-state index contributed by atoms with van der Waals surface area (Å²) >= 11 is 0. The van der Waals surface area contributed by atoms with Gasteiger partial charge in [-0.2, -0.15) is 5.10 Å². The molecule has 0 radical (unpaired) electrons. The third-order valence-corrected chi connectivity index (χ3v) is 9.00. The highest BCUT2D eigenvalue weighted by Gasteiger charge is 2.42. The van der Waals surface area contributed by atoms with Crippen LogP contribution in [0.2, 0.25) is 0 Å². The van der Waals surface area contributed by atoms with Crippen molar-refractivity contribution in [3.8, 4) is 22.5 Å². The number of anilines is 1. The largest absolute Gasteiger partial charge is 0.356 e. The predicted molar refractivity (Wildman–Crippen MR) is 163 cm³/mol. The van der Waals surface area contributed by atoms with E-state index >= 15 is 0 Å². The van der Waals surface area contributed by atoms with E-state index in [4.69, 9.17) is 0 Å². The minimum Gasteiger partial charge on any atom is -0.356 e. The van der Waals surface area contributed by atoms with Crippen LogP contribution < -0.4 is 10.6 Å². The lowest BCUT2D eigenvalue weighted by molar-refractivity contribution is -0.117. The van der Waals surface area contributed by atoms with Gasteiger partial charge in [-0.15, -0.1) is 0 Å². The number of pyridine rings is 3. The summed E-state index contributed by atoms with van der Waals surface area (Å²) < 4.78 is 0. The Morgan fingerprint density at radius 3 is 2.76 bits per heavy atom. The molecule has 0 bridgehead atoms. The van der Waals surface area contributed by atoms with Gasteiger partial charge in [0.05, 0.1) is 23.3 Å². The van der Waals surface area contributed by atoms with Crippen molar-refractivity contribution in [2.45, 2.75) is 38.0 Å². The summed E-state index contributed by atoms with van der Waals surface area (Å²) in [7, 11) is 0. The van der Waals surface area contributed by atoms with Gasteiger partial charge in [0, 0.05) is 70.5 Å². The molecule has 1 amide bonds. The molecule has 5 aromatic rings. The van der Waals surface area contributed by atoms with Crippen LogP contribution >= 0.6 is 0 Å². The number of amides is 1. The molecule has 8 rings (SSSR count). The molecule has 42 heavy (non-hydrogen) atoms. The fraction of sp³-hybridized carbons (Fsp3) is 0.303. The van der Waals surface area contributed by atoms with Gasteiger partial charge >= 0.3 is 0 Å². The van der Waals surface area contributed by atoms with Crippen LogP contribution in [0, 0.1) is 11.8 Å². The fourth-order valence-corrected chi connectivity index (χ4v) is 6.65. The van der Waals surface area contributed by atoms with Crippen LogP contribution in [0.3, 0.4) is 0 Å². The van der Waals surface area contributed by atoms with Gasteiger partial charge in [-0.1, -0.05) is 12.1 Å². The Morgan fingerprint density at radius 1 is 1.00 bits per heavy atom. The van der Waals surface area contributed by atoms with Crippen LogP contribution in [0.25, 0.3) is 39.1 Å². The van der Waals surface area contributed by atoms with E-state index in [2.05, 4.69) is 65.0 Å². The Bertz CT molecular complexity index is 1810. The summed E-state index contributed by atoms with van der Waals surface area (Å²) in [6.45, 7) is 1.96. The van der Waals surface area contributed by atoms with Crippen LogP contribution in [-0.2, 0) is 4.79 Å². The second kappa shape index (κ2) is 10.3. The van der Waals surface area contributed by atoms with Gasteiger partial charge in [-0.05, 0) is 80.4 Å². The van der Waals surface area contributed by atoms with Crippen LogP contribution in [0.1, 0.15) is 54.8 Å². The molecule has 5 aromatic heterocycles. The van der Waals surface area contributed by atoms with Crippen molar-refractivity contribution >= 4 is 28.2 Å². The van der Waals surface area contributed by atoms with Gasteiger partial charge in [-0.25, -0.2) is 4.98 Å². The Labute approximate surface area is 243 Å². The molecule has 6 heterocycles. The number of carbonyl (C=O) groups is 1. The lowest BCUT2D eigenvalue weighted by Crippen LogP contribution is -2.30. The molecule has 1 saturated carbocycles. The molecule has 2 atom stereocenters. The number of hydrogen-bond acceptors (Lipinski definition) is 6. The highest BCUT2D eigenvalue weighted by atomic mass is 16.1. The molecule has 2 fully saturated rings. The normalized spacial score (nSPS) is 20.0. The lowest BCUT2D eigenvalue weighted by atomic mass is 9.94. The average molecular weight is 557 g/mol. The van der Waals surface area contributed by atoms with E-state index in [1.54, 1.807) is 12.4 Å². The molecule has 9 nitrogen and oxygen atoms in total. The van der Waals surface area contributed by atoms with Gasteiger partial charge in [0.2, 0.25) is 5.91 Å². The number of nitrogens with one attached hydrogen (secondary N) is 4. The van der Waals surface area contributed by atoms with E-state index in [0.717, 1.165) is 65.8 Å². The fourth-order valence-electron chi connectivity index (χ4n) is 6.65. The number of fused-ring (bicyclic) bond motifs is 4. The third-order valence-electron chi connectivity index (χ3n) is 9.00. The average Bonchev–Trinajstić information content (AvgIpc) is 3.51. The second-order valence-electron chi connectivity index (χ2n) is 11.8. The van der Waals surface area contributed by atoms with Crippen molar-refractivity contribution < 1.29 is 4.79 Å². The number of H-pyrrole nitrogens is 2. The molecular weight excluding hydrogens is 524 g/mol. The Morgan fingerprint density at radius 2 is 1.88 bits per heavy atom. The monoisotopic (exact) mass is 556 g/mol. The number of rotatable bonds is 6. The molecule has 210 valence electrons. The second-order valence-corrected chi connectivity index (χ2v) is 11.8. The number of allylic oxidation sites excluding steroid dienone is 1. The van der Waals surface area contributed by atoms with Crippen LogP contribution in [0.15, 0.2) is 67.4 Å². The minimum atomic E-state index is 0.0377. The third kappa shape index (κ3) is 4.69. The molecule has 3 aliphatic rings. The van der Waals surface area contributed by atoms with Gasteiger partial charge in [0.15, 0.2) is 5.65 Å². The molecular formula is C33H32N8O. The molecule has 1 aliphatic heterocycles. The first-order chi connectivity index (χ1) is 20.7. The molecule has 0 spiro atoms. The van der Waals surface area contributed by atoms with Crippen molar-refractivity contribution in [2.75, 3.05) is 18.4 Å². The minimum absolute atomic E-state index is 0.0377. The maximum Gasteiger partial charge on any atom is 0.224 e. The van der Waals surface area contributed by atoms with E-state index in [1.807, 2.05) is 30.7 Å². The summed E-state index contributed by atoms with van der Waals surface area (Å²) in [5, 5.41) is 15.1. The zero-order valence-corrected chi connectivity index (χ0v) is 23.2. The highest BCUT2D eigenvalue weighted by Crippen LogP contribution is 2.54. The van der Waals surface area contributed by atoms with Gasteiger partial charge in [0.1, 0.15) is 0 Å². The Hall–Kier alpha value is -4.63. The number of piperidine rings is 1. The van der Waals surface area contributed by atoms with Crippen LogP contribution in [0.4, 0.5) is 5.69 Å². The van der Waals surface area contributed by atoms with E-state index in [1.165, 1.54) is 23.3 Å². The number of aromatic nitrogens is 6. The molecule has 0 aromatic carbocycles. The van der Waals surface area contributed by atoms with E-state index in [-0.39, 0.29) is 5.91 Å². The Balaban J connectivity index is 1.10. The van der Waals surface area contributed by atoms with Gasteiger partial charge < -0.3 is 15.6 Å². The summed E-state index contributed by atoms with van der Waals surface area (Å²) in [5.74, 6) is 1.71. The number of nitrogens with zero attached hydrogens (tertiary/aromatic N) is 4. The number of hydrogen-bond donors (Lipinski definition) is 4. The zero-order valence-electron chi connectivity index (χ0n) is 23.2. The Kier molecular flexibility index (Phi) is 6.18. The van der Waals surface area contributed by atoms with Crippen LogP contribution in [-0.4, -0.2) is 49.1 Å². The highest BCUT2D eigenvalue weighted by molar-refractivity contribution is 5.95. The smallest absolute Gasteiger partial charge is 0.224 e. The summed E-state index contributed by atoms with van der Waals surface area (Å²) in [4.78, 5) is 29.9. The van der Waals surface area contributed by atoms with Crippen molar-refractivity contribution in [3.05, 3.63) is 84.2 Å². The zero-order chi connectivity index (χ0) is 28.0. The van der Waals surface area contributed by atoms with E-state index in [9.17, 15) is 4.79 Å². The van der Waals surface area contributed by atoms with Crippen molar-refractivity contribution in [3.63, 3.8) is 0 Å². The van der Waals surface area contributed by atoms with E-state index < -0.39 is 0 Å². The summed E-state index contributed by atoms with van der Waals surface area (Å²) in [6.07, 6.45) is 16.4. The first-order valence-electron chi connectivity index (χ1n) is 14.8. The van der Waals surface area contributed by atoms with E-state index in [0.29, 0.717) is 35.5 Å². The molecule has 4 N–H and O–H groups in total. The predicted octanol–water partition coefficient (Wildman–Crippen LogP) is 5.68. The number of carbonyl (C=O) groups excluding carboxylic acids is 1. The standard InChI is InChI=1S/C33H32N8O/c42-30(10-19-5-8-34-9-6-19)38-24-11-22(16-36-18-24)23-13-28-32(40-41-33(28)37-17-23)29-14-27-25(21-2-1-7-35-15-21)4-3-20-12-26(20)31(27)39-29/h1-2,4,7,11,13-20,26,34,39H,3,5-6,8-10,12H2,(H,38,42)(H,37,40,41). The first-order valence-corrected chi connectivity index (χ1v) is 14.8. The quantitative estimate of drug-likeness (QED) is 0.213. The van der Waals surface area contributed by atoms with Crippen molar-refractivity contribution in [1.29, 1.82) is 0 Å². The van der Waals surface area contributed by atoms with Crippen molar-refractivity contribution in [2.24, 2.45) is 11.8 Å². The van der Waals surface area contributed by atoms with Gasteiger partial charge in [0.25, 0.3) is 0 Å². The molecule has 1 saturated heterocycles. The molecule has 2 aliphatic carbocycles. The lowest BCUT2D eigenvalue weighted by Gasteiger charge is -2.21. The van der Waals surface area contributed by atoms with Crippen LogP contribution in [0.5, 0.6) is 0 Å². The topological polar surface area (TPSA) is 124 Å². The molecule has 9 heteroatoms. The van der Waals surface area contributed by atoms with Crippen molar-refractivity contribution in [1.82, 2.24) is 35.5 Å². The molecule has 2 unspecified atom stereocenters. The maximum atomic E-state index is 12.7. The maximum absolute atomic E-state index is 12.7.